The lowest BCUT2D eigenvalue weighted by molar-refractivity contribution is -0.0435. The van der Waals surface area contributed by atoms with Crippen molar-refractivity contribution in [3.8, 4) is 0 Å². The number of benzene rings is 3. The number of hydrogen-bond donors (Lipinski definition) is 1. The zero-order chi connectivity index (χ0) is 22.3. The van der Waals surface area contributed by atoms with E-state index in [1.807, 2.05) is 12.1 Å². The molecule has 0 spiro atoms. The first-order chi connectivity index (χ1) is 14.7. The maximum atomic E-state index is 13.1. The normalized spacial score (nSPS) is 12.4. The Bertz CT molecular complexity index is 1060. The smallest absolute Gasteiger partial charge is 0.333 e. The van der Waals surface area contributed by atoms with Gasteiger partial charge in [-0.2, -0.15) is 21.6 Å². The van der Waals surface area contributed by atoms with Crippen LogP contribution in [0.4, 0.5) is 18.9 Å². The van der Waals surface area contributed by atoms with Crippen molar-refractivity contribution >= 4 is 21.7 Å². The number of anilines is 1. The van der Waals surface area contributed by atoms with E-state index in [9.17, 15) is 21.6 Å². The summed E-state index contributed by atoms with van der Waals surface area (Å²) < 4.78 is 66.2. The van der Waals surface area contributed by atoms with Crippen LogP contribution in [0.2, 0.25) is 0 Å². The molecule has 31 heavy (non-hydrogen) atoms. The second kappa shape index (κ2) is 9.65. The monoisotopic (exact) mass is 447 g/mol. The number of para-hydroxylation sites is 1. The fraction of sp³-hybridized carbons (Fsp3) is 0.136. The summed E-state index contributed by atoms with van der Waals surface area (Å²) in [5.41, 5.74) is -3.54. The Morgan fingerprint density at radius 2 is 1.19 bits per heavy atom. The van der Waals surface area contributed by atoms with Gasteiger partial charge in [0.25, 0.3) is 0 Å². The lowest BCUT2D eigenvalue weighted by atomic mass is 10.2. The Balaban J connectivity index is 2.06. The minimum atomic E-state index is -5.76. The molecule has 9 heteroatoms. The number of halogens is 3. The largest absolute Gasteiger partial charge is 0.518 e. The van der Waals surface area contributed by atoms with Gasteiger partial charge >= 0.3 is 15.5 Å². The maximum Gasteiger partial charge on any atom is 0.518 e. The van der Waals surface area contributed by atoms with E-state index in [1.165, 1.54) is 4.90 Å². The summed E-state index contributed by atoms with van der Waals surface area (Å²) in [6.45, 7) is 0.281. The molecule has 0 amide bonds. The van der Waals surface area contributed by atoms with E-state index in [2.05, 4.69) is 9.71 Å². The molecule has 0 aromatic heterocycles. The second-order valence-electron chi connectivity index (χ2n) is 6.65. The molecule has 0 aliphatic heterocycles. The quantitative estimate of drug-likeness (QED) is 0.426. The van der Waals surface area contributed by atoms with Crippen molar-refractivity contribution in [2.75, 3.05) is 5.32 Å². The van der Waals surface area contributed by atoms with Gasteiger partial charge in [0.05, 0.1) is 0 Å². The van der Waals surface area contributed by atoms with Crippen LogP contribution in [-0.2, 0) is 23.1 Å². The summed E-state index contributed by atoms with van der Waals surface area (Å²) in [4.78, 5) is 1.46. The highest BCUT2D eigenvalue weighted by molar-refractivity contribution is 7.91. The third-order valence-electron chi connectivity index (χ3n) is 4.26. The molecular weight excluding hydrogens is 427 g/mol. The van der Waals surface area contributed by atoms with Crippen LogP contribution in [0.1, 0.15) is 11.1 Å². The summed E-state index contributed by atoms with van der Waals surface area (Å²) in [6.07, 6.45) is 0. The van der Waals surface area contributed by atoms with E-state index in [-0.39, 0.29) is 13.1 Å². The highest BCUT2D eigenvalue weighted by Gasteiger charge is 2.46. The van der Waals surface area contributed by atoms with Gasteiger partial charge < -0.3 is 10.2 Å². The Morgan fingerprint density at radius 1 is 0.774 bits per heavy atom. The highest BCUT2D eigenvalue weighted by atomic mass is 32.2. The molecule has 162 valence electrons. The molecule has 0 heterocycles. The Labute approximate surface area is 178 Å². The van der Waals surface area contributed by atoms with E-state index in [0.29, 0.717) is 5.69 Å². The van der Waals surface area contributed by atoms with Crippen LogP contribution < -0.4 is 5.32 Å². The minimum absolute atomic E-state index is 0.141. The molecule has 0 fully saturated rings. The third kappa shape index (κ3) is 6.32. The number of guanidine groups is 1. The average molecular weight is 447 g/mol. The van der Waals surface area contributed by atoms with Crippen molar-refractivity contribution in [3.05, 3.63) is 102 Å². The van der Waals surface area contributed by atoms with Gasteiger partial charge in [-0.3, -0.25) is 0 Å². The summed E-state index contributed by atoms with van der Waals surface area (Å²) >= 11 is 0. The number of rotatable bonds is 6. The number of alkyl halides is 3. The van der Waals surface area contributed by atoms with E-state index < -0.39 is 21.5 Å². The van der Waals surface area contributed by atoms with Gasteiger partial charge in [-0.15, -0.1) is 4.40 Å². The van der Waals surface area contributed by atoms with Crippen LogP contribution in [0, 0.1) is 0 Å². The van der Waals surface area contributed by atoms with E-state index in [4.69, 9.17) is 0 Å². The summed E-state index contributed by atoms with van der Waals surface area (Å²) in [5.74, 6) is -0.420. The van der Waals surface area contributed by atoms with Gasteiger partial charge in [0.1, 0.15) is 0 Å². The highest BCUT2D eigenvalue weighted by Crippen LogP contribution is 2.26. The number of sulfonamides is 1. The second-order valence-corrected chi connectivity index (χ2v) is 8.25. The van der Waals surface area contributed by atoms with Crippen LogP contribution in [0.3, 0.4) is 0 Å². The van der Waals surface area contributed by atoms with Crippen LogP contribution in [0.5, 0.6) is 0 Å². The fourth-order valence-electron chi connectivity index (χ4n) is 2.79. The van der Waals surface area contributed by atoms with Crippen LogP contribution in [0.15, 0.2) is 95.4 Å². The standard InChI is InChI=1S/C22H20F3N3O2S/c23-22(24,25)31(29,30)27-21(26-20-14-8-3-9-15-20)28(16-18-10-4-1-5-11-18)17-19-12-6-2-7-13-19/h1-15H,16-17H2,(H,26,27). The molecule has 1 N–H and O–H groups in total. The van der Waals surface area contributed by atoms with Crippen molar-refractivity contribution in [2.45, 2.75) is 18.6 Å². The van der Waals surface area contributed by atoms with E-state index in [0.717, 1.165) is 11.1 Å². The first-order valence-electron chi connectivity index (χ1n) is 9.31. The first-order valence-corrected chi connectivity index (χ1v) is 10.7. The average Bonchev–Trinajstić information content (AvgIpc) is 2.74. The Morgan fingerprint density at radius 3 is 1.61 bits per heavy atom. The lowest BCUT2D eigenvalue weighted by Gasteiger charge is -2.27. The molecule has 5 nitrogen and oxygen atoms in total. The molecule has 3 aromatic carbocycles. The maximum absolute atomic E-state index is 13.1. The number of nitrogens with one attached hydrogen (secondary N) is 1. The minimum Gasteiger partial charge on any atom is -0.333 e. The number of nitrogens with zero attached hydrogens (tertiary/aromatic N) is 2. The summed E-state index contributed by atoms with van der Waals surface area (Å²) in [6, 6.07) is 26.3. The predicted molar refractivity (Wildman–Crippen MR) is 115 cm³/mol. The molecule has 0 atom stereocenters. The topological polar surface area (TPSA) is 61.8 Å². The summed E-state index contributed by atoms with van der Waals surface area (Å²) in [5, 5.41) is 2.74. The van der Waals surface area contributed by atoms with Crippen molar-refractivity contribution in [1.82, 2.24) is 4.90 Å². The summed E-state index contributed by atoms with van der Waals surface area (Å²) in [7, 11) is -5.76. The van der Waals surface area contributed by atoms with Crippen molar-refractivity contribution < 1.29 is 21.6 Å². The molecule has 3 rings (SSSR count). The Kier molecular flexibility index (Phi) is 6.96. The number of hydrogen-bond acceptors (Lipinski definition) is 2. The molecule has 0 aliphatic rings. The van der Waals surface area contributed by atoms with E-state index in [1.54, 1.807) is 78.9 Å². The van der Waals surface area contributed by atoms with Crippen LogP contribution in [-0.4, -0.2) is 24.8 Å². The molecular formula is C22H20F3N3O2S. The van der Waals surface area contributed by atoms with Gasteiger partial charge in [-0.05, 0) is 23.3 Å². The SMILES string of the molecule is O=S(=O)(/N=C(/Nc1ccccc1)N(Cc1ccccc1)Cc1ccccc1)C(F)(F)F. The third-order valence-corrected chi connectivity index (χ3v) is 5.26. The zero-order valence-electron chi connectivity index (χ0n) is 16.3. The molecule has 0 bridgehead atoms. The van der Waals surface area contributed by atoms with Gasteiger partial charge in [0.2, 0.25) is 5.96 Å². The van der Waals surface area contributed by atoms with Crippen molar-refractivity contribution in [2.24, 2.45) is 4.40 Å². The van der Waals surface area contributed by atoms with Crippen LogP contribution >= 0.6 is 0 Å². The molecule has 0 saturated carbocycles. The molecule has 0 aliphatic carbocycles. The van der Waals surface area contributed by atoms with Crippen molar-refractivity contribution in [1.29, 1.82) is 0 Å². The zero-order valence-corrected chi connectivity index (χ0v) is 17.1. The van der Waals surface area contributed by atoms with Gasteiger partial charge in [0, 0.05) is 18.8 Å². The van der Waals surface area contributed by atoms with Gasteiger partial charge in [-0.25, -0.2) is 0 Å². The van der Waals surface area contributed by atoms with Crippen molar-refractivity contribution in [3.63, 3.8) is 0 Å². The van der Waals surface area contributed by atoms with Gasteiger partial charge in [-0.1, -0.05) is 78.9 Å². The Hall–Kier alpha value is -3.33. The van der Waals surface area contributed by atoms with Crippen LogP contribution in [0.25, 0.3) is 0 Å². The molecule has 0 unspecified atom stereocenters. The van der Waals surface area contributed by atoms with E-state index >= 15 is 0 Å². The van der Waals surface area contributed by atoms with Gasteiger partial charge in [0.15, 0.2) is 0 Å². The molecule has 0 saturated heterocycles. The molecule has 3 aromatic rings. The molecule has 0 radical (unpaired) electrons. The fourth-order valence-corrected chi connectivity index (χ4v) is 3.28. The predicted octanol–water partition coefficient (Wildman–Crippen LogP) is 5.01. The lowest BCUT2D eigenvalue weighted by Crippen LogP contribution is -2.37. The first kappa shape index (κ1) is 22.4.